The maximum absolute atomic E-state index is 12.0. The van der Waals surface area contributed by atoms with Gasteiger partial charge in [0, 0.05) is 18.5 Å². The first kappa shape index (κ1) is 18.1. The second-order valence-electron chi connectivity index (χ2n) is 5.99. The number of fused-ring (bicyclic) bond motifs is 3. The Morgan fingerprint density at radius 1 is 1.25 bits per heavy atom. The number of sulfonamides is 1. The fourth-order valence-electron chi connectivity index (χ4n) is 2.84. The van der Waals surface area contributed by atoms with E-state index in [1.807, 2.05) is 16.9 Å². The number of nitrogens with zero attached hydrogens (tertiary/aromatic N) is 2. The summed E-state index contributed by atoms with van der Waals surface area (Å²) in [5.41, 5.74) is 4.36. The number of rotatable bonds is 4. The lowest BCUT2D eigenvalue weighted by molar-refractivity contribution is -0.117. The van der Waals surface area contributed by atoms with Gasteiger partial charge in [-0.1, -0.05) is 0 Å². The molecule has 0 aliphatic rings. The van der Waals surface area contributed by atoms with E-state index in [-0.39, 0.29) is 10.8 Å². The summed E-state index contributed by atoms with van der Waals surface area (Å²) >= 11 is 1.47. The number of aromatic amines is 1. The van der Waals surface area contributed by atoms with Crippen molar-refractivity contribution in [2.45, 2.75) is 11.8 Å². The van der Waals surface area contributed by atoms with E-state index in [9.17, 15) is 18.3 Å². The Balaban J connectivity index is 1.69. The quantitative estimate of drug-likeness (QED) is 0.443. The molecule has 0 radical (unpaired) electrons. The molecule has 0 spiro atoms. The van der Waals surface area contributed by atoms with E-state index in [2.05, 4.69) is 15.0 Å². The molecular formula is C18H14N4O4S2. The van der Waals surface area contributed by atoms with Crippen molar-refractivity contribution in [1.82, 2.24) is 14.7 Å². The van der Waals surface area contributed by atoms with Crippen LogP contribution in [-0.4, -0.2) is 35.6 Å². The van der Waals surface area contributed by atoms with Crippen molar-refractivity contribution in [3.05, 3.63) is 47.5 Å². The van der Waals surface area contributed by atoms with Crippen LogP contribution in [-0.2, 0) is 14.8 Å². The van der Waals surface area contributed by atoms with Crippen LogP contribution in [0.2, 0.25) is 0 Å². The summed E-state index contributed by atoms with van der Waals surface area (Å²) in [5, 5.41) is 11.1. The van der Waals surface area contributed by atoms with Crippen molar-refractivity contribution in [2.24, 2.45) is 4.99 Å². The van der Waals surface area contributed by atoms with Gasteiger partial charge in [-0.25, -0.2) is 18.1 Å². The maximum atomic E-state index is 12.0. The molecule has 0 aliphatic carbocycles. The summed E-state index contributed by atoms with van der Waals surface area (Å²) in [6, 6.07) is 9.46. The van der Waals surface area contributed by atoms with Crippen molar-refractivity contribution < 1.29 is 18.3 Å². The topological polar surface area (TPSA) is 125 Å². The Hall–Kier alpha value is -3.24. The highest BCUT2D eigenvalue weighted by atomic mass is 32.2. The van der Waals surface area contributed by atoms with Crippen molar-refractivity contribution in [3.63, 3.8) is 0 Å². The van der Waals surface area contributed by atoms with E-state index >= 15 is 0 Å². The number of amides is 1. The molecule has 0 saturated heterocycles. The SMILES string of the molecule is CC(=O)NS(=O)(=O)c1ccc(N=Cc2c(O)[nH]c3ccc4ncsc4c23)cc1. The van der Waals surface area contributed by atoms with Gasteiger partial charge in [-0.05, 0) is 36.4 Å². The summed E-state index contributed by atoms with van der Waals surface area (Å²) in [7, 11) is -3.89. The molecule has 0 fully saturated rings. The Kier molecular flexibility index (Phi) is 4.36. The Morgan fingerprint density at radius 3 is 2.71 bits per heavy atom. The molecule has 2 aromatic carbocycles. The summed E-state index contributed by atoms with van der Waals surface area (Å²) < 4.78 is 26.8. The number of aliphatic imine (C=N–C) groups is 1. The van der Waals surface area contributed by atoms with Crippen LogP contribution in [0.1, 0.15) is 12.5 Å². The number of benzene rings is 2. The van der Waals surface area contributed by atoms with E-state index in [1.165, 1.54) is 41.8 Å². The zero-order valence-electron chi connectivity index (χ0n) is 14.5. The van der Waals surface area contributed by atoms with E-state index in [0.29, 0.717) is 11.3 Å². The van der Waals surface area contributed by atoms with Crippen molar-refractivity contribution in [1.29, 1.82) is 0 Å². The Morgan fingerprint density at radius 2 is 2.00 bits per heavy atom. The normalized spacial score (nSPS) is 12.2. The van der Waals surface area contributed by atoms with Crippen molar-refractivity contribution >= 4 is 60.3 Å². The maximum Gasteiger partial charge on any atom is 0.264 e. The molecule has 8 nitrogen and oxygen atoms in total. The number of carbonyl (C=O) groups excluding carboxylic acids is 1. The smallest absolute Gasteiger partial charge is 0.264 e. The average Bonchev–Trinajstić information content (AvgIpc) is 3.22. The van der Waals surface area contributed by atoms with Gasteiger partial charge < -0.3 is 10.1 Å². The van der Waals surface area contributed by atoms with Crippen molar-refractivity contribution in [3.8, 4) is 5.88 Å². The average molecular weight is 414 g/mol. The molecular weight excluding hydrogens is 400 g/mol. The monoisotopic (exact) mass is 414 g/mol. The van der Waals surface area contributed by atoms with E-state index < -0.39 is 15.9 Å². The number of hydrogen-bond acceptors (Lipinski definition) is 7. The largest absolute Gasteiger partial charge is 0.494 e. The molecule has 0 unspecified atom stereocenters. The van der Waals surface area contributed by atoms with Crippen LogP contribution < -0.4 is 4.72 Å². The second-order valence-corrected chi connectivity index (χ2v) is 8.53. The van der Waals surface area contributed by atoms with Crippen LogP contribution in [0.4, 0.5) is 5.69 Å². The summed E-state index contributed by atoms with van der Waals surface area (Å²) in [5.74, 6) is -0.671. The van der Waals surface area contributed by atoms with Crippen LogP contribution in [0, 0.1) is 0 Å². The molecule has 0 atom stereocenters. The van der Waals surface area contributed by atoms with Crippen LogP contribution >= 0.6 is 11.3 Å². The number of thiazole rings is 1. The minimum atomic E-state index is -3.89. The predicted octanol–water partition coefficient (Wildman–Crippen LogP) is 3.06. The standard InChI is InChI=1S/C18H14N4O4S2/c1-10(23)22-28(25,26)12-4-2-11(3-5-12)19-8-13-16-14(21-18(13)24)6-7-15-17(16)27-9-20-15/h2-9,21,24H,1H3,(H,22,23). The molecule has 0 saturated carbocycles. The van der Waals surface area contributed by atoms with Gasteiger partial charge in [0.15, 0.2) is 5.88 Å². The first-order valence-electron chi connectivity index (χ1n) is 8.09. The molecule has 0 bridgehead atoms. The molecule has 2 heterocycles. The fraction of sp³-hybridized carbons (Fsp3) is 0.0556. The molecule has 2 aromatic heterocycles. The molecule has 142 valence electrons. The number of H-pyrrole nitrogens is 1. The Bertz CT molecular complexity index is 1340. The third-order valence-electron chi connectivity index (χ3n) is 4.04. The molecule has 28 heavy (non-hydrogen) atoms. The van der Waals surface area contributed by atoms with Gasteiger partial charge in [0.05, 0.1) is 37.4 Å². The molecule has 3 N–H and O–H groups in total. The molecule has 4 rings (SSSR count). The van der Waals surface area contributed by atoms with Crippen LogP contribution in [0.5, 0.6) is 5.88 Å². The third-order valence-corrected chi connectivity index (χ3v) is 6.35. The lowest BCUT2D eigenvalue weighted by atomic mass is 10.1. The van der Waals surface area contributed by atoms with E-state index in [0.717, 1.165) is 28.0 Å². The molecule has 10 heteroatoms. The number of aromatic hydroxyl groups is 1. The van der Waals surface area contributed by atoms with Crippen LogP contribution in [0.25, 0.3) is 21.1 Å². The first-order valence-corrected chi connectivity index (χ1v) is 10.5. The van der Waals surface area contributed by atoms with Gasteiger partial charge in [-0.15, -0.1) is 11.3 Å². The molecule has 4 aromatic rings. The van der Waals surface area contributed by atoms with Crippen LogP contribution in [0.3, 0.4) is 0 Å². The van der Waals surface area contributed by atoms with Gasteiger partial charge in [-0.2, -0.15) is 0 Å². The van der Waals surface area contributed by atoms with E-state index in [1.54, 1.807) is 5.51 Å². The van der Waals surface area contributed by atoms with Gasteiger partial charge >= 0.3 is 0 Å². The zero-order valence-corrected chi connectivity index (χ0v) is 16.1. The molecule has 1 amide bonds. The minimum Gasteiger partial charge on any atom is -0.494 e. The number of hydrogen-bond donors (Lipinski definition) is 3. The highest BCUT2D eigenvalue weighted by Gasteiger charge is 2.16. The lowest BCUT2D eigenvalue weighted by Crippen LogP contribution is -2.28. The Labute approximate surface area is 163 Å². The minimum absolute atomic E-state index is 0.00972. The zero-order chi connectivity index (χ0) is 19.9. The summed E-state index contributed by atoms with van der Waals surface area (Å²) in [6.07, 6.45) is 1.52. The second kappa shape index (κ2) is 6.73. The fourth-order valence-corrected chi connectivity index (χ4v) is 4.68. The predicted molar refractivity (Wildman–Crippen MR) is 108 cm³/mol. The highest BCUT2D eigenvalue weighted by Crippen LogP contribution is 2.34. The van der Waals surface area contributed by atoms with Crippen LogP contribution in [0.15, 0.2) is 51.8 Å². The van der Waals surface area contributed by atoms with Crippen molar-refractivity contribution in [2.75, 3.05) is 0 Å². The number of aromatic nitrogens is 2. The molecule has 0 aliphatic heterocycles. The number of carbonyl (C=O) groups is 1. The van der Waals surface area contributed by atoms with E-state index in [4.69, 9.17) is 0 Å². The van der Waals surface area contributed by atoms with Gasteiger partial charge in [-0.3, -0.25) is 9.79 Å². The van der Waals surface area contributed by atoms with Gasteiger partial charge in [0.25, 0.3) is 10.0 Å². The third kappa shape index (κ3) is 3.23. The summed E-state index contributed by atoms with van der Waals surface area (Å²) in [4.78, 5) is 22.5. The lowest BCUT2D eigenvalue weighted by Gasteiger charge is -2.04. The summed E-state index contributed by atoms with van der Waals surface area (Å²) in [6.45, 7) is 1.13. The highest BCUT2D eigenvalue weighted by molar-refractivity contribution is 7.90. The number of nitrogens with one attached hydrogen (secondary N) is 2. The van der Waals surface area contributed by atoms with Gasteiger partial charge in [0.1, 0.15) is 0 Å². The van der Waals surface area contributed by atoms with Gasteiger partial charge in [0.2, 0.25) is 5.91 Å². The first-order chi connectivity index (χ1) is 13.3.